The van der Waals surface area contributed by atoms with Crippen molar-refractivity contribution in [2.75, 3.05) is 32.8 Å². The maximum absolute atomic E-state index is 12.6. The summed E-state index contributed by atoms with van der Waals surface area (Å²) >= 11 is 6.17. The lowest BCUT2D eigenvalue weighted by Crippen LogP contribution is -2.18. The maximum atomic E-state index is 12.6. The molecule has 0 bridgehead atoms. The zero-order valence-corrected chi connectivity index (χ0v) is 14.0. The van der Waals surface area contributed by atoms with Gasteiger partial charge in [-0.05, 0) is 24.3 Å². The van der Waals surface area contributed by atoms with Crippen LogP contribution in [0, 0.1) is 0 Å². The van der Waals surface area contributed by atoms with Crippen LogP contribution in [0.3, 0.4) is 0 Å². The molecule has 1 N–H and O–H groups in total. The smallest absolute Gasteiger partial charge is 0.255 e. The molecule has 7 heteroatoms. The van der Waals surface area contributed by atoms with Crippen molar-refractivity contribution in [2.45, 2.75) is 0 Å². The van der Waals surface area contributed by atoms with Crippen LogP contribution >= 0.6 is 11.6 Å². The molecule has 126 valence electrons. The van der Waals surface area contributed by atoms with E-state index in [1.54, 1.807) is 31.4 Å². The number of rotatable bonds is 4. The van der Waals surface area contributed by atoms with Gasteiger partial charge in [-0.3, -0.25) is 4.79 Å². The largest absolute Gasteiger partial charge is 0.497 e. The first-order chi connectivity index (χ1) is 11.6. The number of ether oxygens (including phenoxy) is 4. The number of hydrogen-bond donors (Lipinski definition) is 1. The molecular weight excluding hydrogens is 334 g/mol. The molecule has 3 rings (SSSR count). The van der Waals surface area contributed by atoms with Gasteiger partial charge in [-0.15, -0.1) is 0 Å². The molecule has 2 aromatic rings. The normalized spacial score (nSPS) is 12.5. The third kappa shape index (κ3) is 3.19. The Morgan fingerprint density at radius 3 is 2.67 bits per heavy atom. The van der Waals surface area contributed by atoms with E-state index in [1.165, 1.54) is 13.2 Å². The third-order valence-corrected chi connectivity index (χ3v) is 3.79. The highest BCUT2D eigenvalue weighted by atomic mass is 35.5. The SMILES string of the molecule is COc1ccc(OC)c(NC(=O)c2cc(Cl)c3c(c2)OCCO3)c1. The predicted molar refractivity (Wildman–Crippen MR) is 89.9 cm³/mol. The van der Waals surface area contributed by atoms with Gasteiger partial charge in [-0.25, -0.2) is 0 Å². The lowest BCUT2D eigenvalue weighted by atomic mass is 10.1. The number of hydrogen-bond acceptors (Lipinski definition) is 5. The Hall–Kier alpha value is -2.60. The average molecular weight is 350 g/mol. The van der Waals surface area contributed by atoms with Crippen molar-refractivity contribution in [3.8, 4) is 23.0 Å². The molecule has 0 radical (unpaired) electrons. The van der Waals surface area contributed by atoms with Crippen LogP contribution in [0.1, 0.15) is 10.4 Å². The van der Waals surface area contributed by atoms with E-state index in [2.05, 4.69) is 5.32 Å². The number of nitrogens with one attached hydrogen (secondary N) is 1. The zero-order chi connectivity index (χ0) is 17.1. The molecule has 0 aliphatic carbocycles. The van der Waals surface area contributed by atoms with Gasteiger partial charge in [0.15, 0.2) is 11.5 Å². The van der Waals surface area contributed by atoms with Crippen molar-refractivity contribution >= 4 is 23.2 Å². The number of carbonyl (C=O) groups is 1. The minimum absolute atomic E-state index is 0.329. The highest BCUT2D eigenvalue weighted by molar-refractivity contribution is 6.32. The fraction of sp³-hybridized carbons (Fsp3) is 0.235. The number of halogens is 1. The number of anilines is 1. The van der Waals surface area contributed by atoms with E-state index in [1.807, 2.05) is 0 Å². The summed E-state index contributed by atoms with van der Waals surface area (Å²) < 4.78 is 21.4. The van der Waals surface area contributed by atoms with Gasteiger partial charge in [-0.1, -0.05) is 11.6 Å². The molecule has 0 unspecified atom stereocenters. The van der Waals surface area contributed by atoms with Crippen molar-refractivity contribution in [2.24, 2.45) is 0 Å². The third-order valence-electron chi connectivity index (χ3n) is 3.51. The number of carbonyl (C=O) groups excluding carboxylic acids is 1. The molecule has 6 nitrogen and oxygen atoms in total. The summed E-state index contributed by atoms with van der Waals surface area (Å²) in [4.78, 5) is 12.6. The van der Waals surface area contributed by atoms with Crippen molar-refractivity contribution in [3.63, 3.8) is 0 Å². The van der Waals surface area contributed by atoms with Gasteiger partial charge in [0.2, 0.25) is 0 Å². The summed E-state index contributed by atoms with van der Waals surface area (Å²) in [6, 6.07) is 8.27. The molecule has 1 aliphatic heterocycles. The Morgan fingerprint density at radius 2 is 1.92 bits per heavy atom. The minimum Gasteiger partial charge on any atom is -0.497 e. The molecule has 0 spiro atoms. The Kier molecular flexibility index (Phi) is 4.66. The summed E-state index contributed by atoms with van der Waals surface area (Å²) in [5.41, 5.74) is 0.849. The Labute approximate surface area is 144 Å². The molecule has 0 atom stereocenters. The predicted octanol–water partition coefficient (Wildman–Crippen LogP) is 3.38. The van der Waals surface area contributed by atoms with Gasteiger partial charge in [0, 0.05) is 11.6 Å². The number of methoxy groups -OCH3 is 2. The van der Waals surface area contributed by atoms with Crippen LogP contribution in [-0.4, -0.2) is 33.3 Å². The van der Waals surface area contributed by atoms with E-state index in [-0.39, 0.29) is 5.91 Å². The molecule has 1 amide bonds. The molecule has 2 aromatic carbocycles. The molecule has 24 heavy (non-hydrogen) atoms. The Bertz CT molecular complexity index is 778. The first-order valence-corrected chi connectivity index (χ1v) is 7.62. The highest BCUT2D eigenvalue weighted by Gasteiger charge is 2.20. The highest BCUT2D eigenvalue weighted by Crippen LogP contribution is 2.38. The molecule has 0 aromatic heterocycles. The lowest BCUT2D eigenvalue weighted by Gasteiger charge is -2.20. The summed E-state index contributed by atoms with van der Waals surface area (Å²) in [5.74, 6) is 1.69. The van der Waals surface area contributed by atoms with Crippen LogP contribution in [0.2, 0.25) is 5.02 Å². The van der Waals surface area contributed by atoms with Gasteiger partial charge < -0.3 is 24.3 Å². The van der Waals surface area contributed by atoms with Crippen LogP contribution in [-0.2, 0) is 0 Å². The van der Waals surface area contributed by atoms with Crippen LogP contribution < -0.4 is 24.3 Å². The Balaban J connectivity index is 1.89. The average Bonchev–Trinajstić information content (AvgIpc) is 2.61. The van der Waals surface area contributed by atoms with Crippen LogP contribution in [0.25, 0.3) is 0 Å². The van der Waals surface area contributed by atoms with Gasteiger partial charge in [0.1, 0.15) is 24.7 Å². The van der Waals surface area contributed by atoms with Crippen LogP contribution in [0.15, 0.2) is 30.3 Å². The monoisotopic (exact) mass is 349 g/mol. The van der Waals surface area contributed by atoms with Crippen molar-refractivity contribution in [1.82, 2.24) is 0 Å². The minimum atomic E-state index is -0.347. The molecule has 0 saturated carbocycles. The Morgan fingerprint density at radius 1 is 1.12 bits per heavy atom. The number of amides is 1. The van der Waals surface area contributed by atoms with E-state index in [0.29, 0.717) is 52.5 Å². The van der Waals surface area contributed by atoms with Gasteiger partial charge in [0.25, 0.3) is 5.91 Å². The quantitative estimate of drug-likeness (QED) is 0.916. The second-order valence-corrected chi connectivity index (χ2v) is 5.41. The summed E-state index contributed by atoms with van der Waals surface area (Å²) in [6.45, 7) is 0.845. The fourth-order valence-corrected chi connectivity index (χ4v) is 2.61. The molecule has 1 heterocycles. The van der Waals surface area contributed by atoms with Gasteiger partial charge in [-0.2, -0.15) is 0 Å². The number of fused-ring (bicyclic) bond motifs is 1. The first kappa shape index (κ1) is 16.3. The van der Waals surface area contributed by atoms with Crippen LogP contribution in [0.4, 0.5) is 5.69 Å². The van der Waals surface area contributed by atoms with Gasteiger partial charge in [0.05, 0.1) is 24.9 Å². The standard InChI is InChI=1S/C17H16ClNO5/c1-21-11-3-4-14(22-2)13(9-11)19-17(20)10-7-12(18)16-15(8-10)23-5-6-24-16/h3-4,7-9H,5-6H2,1-2H3,(H,19,20). The van der Waals surface area contributed by atoms with E-state index in [0.717, 1.165) is 0 Å². The second kappa shape index (κ2) is 6.88. The summed E-state index contributed by atoms with van der Waals surface area (Å²) in [6.07, 6.45) is 0. The van der Waals surface area contributed by atoms with Gasteiger partial charge >= 0.3 is 0 Å². The van der Waals surface area contributed by atoms with E-state index >= 15 is 0 Å². The number of benzene rings is 2. The van der Waals surface area contributed by atoms with Crippen LogP contribution in [0.5, 0.6) is 23.0 Å². The van der Waals surface area contributed by atoms with Crippen molar-refractivity contribution < 1.29 is 23.7 Å². The molecule has 0 fully saturated rings. The van der Waals surface area contributed by atoms with E-state index < -0.39 is 0 Å². The lowest BCUT2D eigenvalue weighted by molar-refractivity contribution is 0.102. The molecule has 1 aliphatic rings. The first-order valence-electron chi connectivity index (χ1n) is 7.25. The van der Waals surface area contributed by atoms with E-state index in [4.69, 9.17) is 30.5 Å². The molecule has 0 saturated heterocycles. The van der Waals surface area contributed by atoms with Crippen molar-refractivity contribution in [1.29, 1.82) is 0 Å². The summed E-state index contributed by atoms with van der Waals surface area (Å²) in [5, 5.41) is 3.12. The van der Waals surface area contributed by atoms with E-state index in [9.17, 15) is 4.79 Å². The molecular formula is C17H16ClNO5. The van der Waals surface area contributed by atoms with Crippen molar-refractivity contribution in [3.05, 3.63) is 40.9 Å². The fourth-order valence-electron chi connectivity index (χ4n) is 2.35. The second-order valence-electron chi connectivity index (χ2n) is 5.00. The zero-order valence-electron chi connectivity index (χ0n) is 13.2. The maximum Gasteiger partial charge on any atom is 0.255 e. The summed E-state index contributed by atoms with van der Waals surface area (Å²) in [7, 11) is 3.08. The topological polar surface area (TPSA) is 66.0 Å².